The van der Waals surface area contributed by atoms with Crippen molar-refractivity contribution in [2.75, 3.05) is 0 Å². The number of hydrogen-bond donors (Lipinski definition) is 0. The monoisotopic (exact) mass is 461 g/mol. The van der Waals surface area contributed by atoms with E-state index in [9.17, 15) is 4.79 Å². The van der Waals surface area contributed by atoms with Crippen molar-refractivity contribution in [3.8, 4) is 10.6 Å². The van der Waals surface area contributed by atoms with E-state index in [-0.39, 0.29) is 5.43 Å². The molecule has 1 aromatic rings. The van der Waals surface area contributed by atoms with Crippen molar-refractivity contribution in [3.05, 3.63) is 47.4 Å². The Morgan fingerprint density at radius 3 is 2.58 bits per heavy atom. The molecule has 1 aromatic carbocycles. The van der Waals surface area contributed by atoms with Crippen molar-refractivity contribution in [1.82, 2.24) is 4.98 Å². The zero-order valence-electron chi connectivity index (χ0n) is 9.63. The highest BCUT2D eigenvalue weighted by molar-refractivity contribution is 9.13. The van der Waals surface area contributed by atoms with Crippen LogP contribution in [0.15, 0.2) is 36.4 Å². The van der Waals surface area contributed by atoms with E-state index in [1.807, 2.05) is 19.1 Å². The quantitative estimate of drug-likeness (QED) is 0.332. The molecule has 2 aliphatic rings. The maximum atomic E-state index is 12.1. The van der Waals surface area contributed by atoms with Gasteiger partial charge in [0.25, 0.3) is 0 Å². The van der Waals surface area contributed by atoms with Crippen LogP contribution in [0.4, 0.5) is 0 Å². The molecule has 0 spiro atoms. The fourth-order valence-electron chi connectivity index (χ4n) is 1.83. The van der Waals surface area contributed by atoms with Gasteiger partial charge in [0.05, 0.1) is 34.2 Å². The minimum absolute atomic E-state index is 0.0653. The van der Waals surface area contributed by atoms with Crippen molar-refractivity contribution in [2.45, 2.75) is 6.92 Å². The molecule has 1 heterocycles. The molecule has 3 rings (SSSR count). The largest absolute Gasteiger partial charge is 0.287 e. The predicted molar refractivity (Wildman–Crippen MR) is 90.3 cm³/mol. The maximum absolute atomic E-state index is 12.1. The highest BCUT2D eigenvalue weighted by Gasteiger charge is 2.21. The SMILES string of the molecule is Cc1ccc2nc3c(Br)c(Br)c(=O)c(Br)c-3sc2c1. The van der Waals surface area contributed by atoms with E-state index in [0.29, 0.717) is 13.4 Å². The van der Waals surface area contributed by atoms with Crippen LogP contribution in [0.1, 0.15) is 5.56 Å². The molecule has 0 saturated carbocycles. The van der Waals surface area contributed by atoms with E-state index in [0.717, 1.165) is 20.8 Å². The lowest BCUT2D eigenvalue weighted by Crippen LogP contribution is -2.07. The minimum Gasteiger partial charge on any atom is -0.287 e. The molecule has 96 valence electrons. The standard InChI is InChI=1S/C13H6Br3NOS/c1-5-2-3-6-7(4-5)19-13-10(16)12(18)9(15)8(14)11(13)17-6/h2-4H,1H3. The van der Waals surface area contributed by atoms with Crippen LogP contribution in [0.25, 0.3) is 20.8 Å². The predicted octanol–water partition coefficient (Wildman–Crippen LogP) is 5.36. The van der Waals surface area contributed by atoms with Gasteiger partial charge in [-0.3, -0.25) is 4.79 Å². The lowest BCUT2D eigenvalue weighted by atomic mass is 10.2. The van der Waals surface area contributed by atoms with Gasteiger partial charge in [-0.15, -0.1) is 11.3 Å². The summed E-state index contributed by atoms with van der Waals surface area (Å²) in [4.78, 5) is 17.6. The number of aromatic nitrogens is 1. The summed E-state index contributed by atoms with van der Waals surface area (Å²) in [5, 5.41) is 0. The molecule has 0 aromatic heterocycles. The van der Waals surface area contributed by atoms with Gasteiger partial charge in [0.1, 0.15) is 0 Å². The van der Waals surface area contributed by atoms with Gasteiger partial charge in [0.15, 0.2) is 0 Å². The van der Waals surface area contributed by atoms with Crippen LogP contribution in [0.3, 0.4) is 0 Å². The topological polar surface area (TPSA) is 30.0 Å². The third-order valence-corrected chi connectivity index (χ3v) is 7.00. The first-order valence-electron chi connectivity index (χ1n) is 5.36. The number of hydrogen-bond acceptors (Lipinski definition) is 3. The van der Waals surface area contributed by atoms with Crippen molar-refractivity contribution in [1.29, 1.82) is 0 Å². The van der Waals surface area contributed by atoms with E-state index >= 15 is 0 Å². The Morgan fingerprint density at radius 1 is 1.11 bits per heavy atom. The van der Waals surface area contributed by atoms with E-state index in [1.165, 1.54) is 5.56 Å². The molecule has 0 amide bonds. The molecular weight excluding hydrogens is 458 g/mol. The average molecular weight is 464 g/mol. The first-order valence-corrected chi connectivity index (χ1v) is 8.56. The average Bonchev–Trinajstić information content (AvgIpc) is 2.41. The fraction of sp³-hybridized carbons (Fsp3) is 0.0769. The first-order chi connectivity index (χ1) is 8.99. The molecule has 6 heteroatoms. The van der Waals surface area contributed by atoms with Gasteiger partial charge in [-0.25, -0.2) is 4.98 Å². The minimum atomic E-state index is -0.0653. The summed E-state index contributed by atoms with van der Waals surface area (Å²) in [6.45, 7) is 2.04. The zero-order chi connectivity index (χ0) is 13.7. The summed E-state index contributed by atoms with van der Waals surface area (Å²) in [7, 11) is 0. The van der Waals surface area contributed by atoms with Crippen molar-refractivity contribution >= 4 is 69.3 Å². The molecular formula is C13H6Br3NOS. The van der Waals surface area contributed by atoms with E-state index in [2.05, 4.69) is 58.8 Å². The zero-order valence-corrected chi connectivity index (χ0v) is 15.2. The second-order valence-corrected chi connectivity index (χ2v) is 7.57. The van der Waals surface area contributed by atoms with E-state index in [1.54, 1.807) is 11.3 Å². The number of aryl methyl sites for hydroxylation is 1. The Hall–Kier alpha value is -0.300. The molecule has 0 N–H and O–H groups in total. The molecule has 0 saturated heterocycles. The fourth-order valence-corrected chi connectivity index (χ4v) is 4.81. The van der Waals surface area contributed by atoms with Gasteiger partial charge >= 0.3 is 0 Å². The Labute approximate surface area is 138 Å². The normalized spacial score (nSPS) is 11.4. The number of fused-ring (bicyclic) bond motifs is 2. The number of halogens is 3. The smallest absolute Gasteiger partial charge is 0.209 e. The summed E-state index contributed by atoms with van der Waals surface area (Å²) in [5.41, 5.74) is 2.84. The van der Waals surface area contributed by atoms with Crippen LogP contribution in [0.2, 0.25) is 0 Å². The molecule has 1 aliphatic heterocycles. The van der Waals surface area contributed by atoms with Gasteiger partial charge in [0, 0.05) is 0 Å². The van der Waals surface area contributed by atoms with Crippen LogP contribution >= 0.6 is 59.1 Å². The summed E-state index contributed by atoms with van der Waals surface area (Å²) in [6, 6.07) is 6.12. The summed E-state index contributed by atoms with van der Waals surface area (Å²) in [6.07, 6.45) is 0. The third-order valence-electron chi connectivity index (χ3n) is 2.77. The van der Waals surface area contributed by atoms with Crippen LogP contribution in [0, 0.1) is 6.92 Å². The lowest BCUT2D eigenvalue weighted by Gasteiger charge is -2.11. The maximum Gasteiger partial charge on any atom is 0.209 e. The highest BCUT2D eigenvalue weighted by Crippen LogP contribution is 2.41. The van der Waals surface area contributed by atoms with Crippen molar-refractivity contribution in [3.63, 3.8) is 0 Å². The van der Waals surface area contributed by atoms with Crippen LogP contribution in [0.5, 0.6) is 0 Å². The molecule has 1 aliphatic carbocycles. The first kappa shape index (κ1) is 13.7. The highest BCUT2D eigenvalue weighted by atomic mass is 79.9. The molecule has 2 nitrogen and oxygen atoms in total. The van der Waals surface area contributed by atoms with Gasteiger partial charge in [0.2, 0.25) is 5.43 Å². The van der Waals surface area contributed by atoms with Gasteiger partial charge < -0.3 is 0 Å². The van der Waals surface area contributed by atoms with Crippen LogP contribution in [-0.4, -0.2) is 4.98 Å². The molecule has 0 unspecified atom stereocenters. The lowest BCUT2D eigenvalue weighted by molar-refractivity contribution is 1.34. The molecule has 0 fully saturated rings. The third kappa shape index (κ3) is 2.18. The Kier molecular flexibility index (Phi) is 3.53. The van der Waals surface area contributed by atoms with Gasteiger partial charge in [-0.1, -0.05) is 6.07 Å². The Balaban J connectivity index is 2.55. The number of rotatable bonds is 0. The summed E-state index contributed by atoms with van der Waals surface area (Å²) in [5.74, 6) is 0. The summed E-state index contributed by atoms with van der Waals surface area (Å²) >= 11 is 11.7. The molecule has 0 radical (unpaired) electrons. The van der Waals surface area contributed by atoms with Crippen molar-refractivity contribution < 1.29 is 0 Å². The van der Waals surface area contributed by atoms with E-state index < -0.39 is 0 Å². The van der Waals surface area contributed by atoms with Gasteiger partial charge in [-0.05, 0) is 72.4 Å². The van der Waals surface area contributed by atoms with E-state index in [4.69, 9.17) is 0 Å². The van der Waals surface area contributed by atoms with Gasteiger partial charge in [-0.2, -0.15) is 0 Å². The Morgan fingerprint density at radius 2 is 1.84 bits per heavy atom. The van der Waals surface area contributed by atoms with Crippen LogP contribution in [-0.2, 0) is 0 Å². The number of benzene rings is 2. The second kappa shape index (κ2) is 4.91. The van der Waals surface area contributed by atoms with Crippen molar-refractivity contribution in [2.24, 2.45) is 0 Å². The molecule has 19 heavy (non-hydrogen) atoms. The molecule has 0 atom stereocenters. The second-order valence-electron chi connectivity index (χ2n) is 4.13. The summed E-state index contributed by atoms with van der Waals surface area (Å²) < 4.78 is 2.83. The Bertz CT molecular complexity index is 844. The number of nitrogens with zero attached hydrogens (tertiary/aromatic N) is 1. The molecule has 0 bridgehead atoms. The van der Waals surface area contributed by atoms with Crippen LogP contribution < -0.4 is 5.43 Å².